The molecule has 17 heavy (non-hydrogen) atoms. The van der Waals surface area contributed by atoms with Crippen LogP contribution in [0.4, 0.5) is 10.1 Å². The summed E-state index contributed by atoms with van der Waals surface area (Å²) in [4.78, 5) is 0. The zero-order valence-electron chi connectivity index (χ0n) is 9.86. The maximum absolute atomic E-state index is 12.7. The molecular weight excluding hydrogens is 217 g/mol. The molecule has 0 fully saturated rings. The first-order chi connectivity index (χ1) is 8.28. The maximum Gasteiger partial charge on any atom is 0.123 e. The third-order valence-electron chi connectivity index (χ3n) is 2.69. The Kier molecular flexibility index (Phi) is 3.75. The molecule has 0 saturated heterocycles. The average molecular weight is 233 g/mol. The van der Waals surface area contributed by atoms with Crippen molar-refractivity contribution in [3.8, 4) is 0 Å². The molecule has 0 radical (unpaired) electrons. The Labute approximate surface area is 100 Å². The average Bonchev–Trinajstić information content (AvgIpc) is 2.80. The van der Waals surface area contributed by atoms with E-state index in [-0.39, 0.29) is 5.82 Å². The van der Waals surface area contributed by atoms with Crippen LogP contribution in [-0.4, -0.2) is 16.8 Å². The molecule has 0 unspecified atom stereocenters. The Morgan fingerprint density at radius 3 is 2.71 bits per heavy atom. The Hall–Kier alpha value is -1.84. The van der Waals surface area contributed by atoms with Gasteiger partial charge in [0, 0.05) is 19.8 Å². The lowest BCUT2D eigenvalue weighted by atomic mass is 10.1. The number of aryl methyl sites for hydroxylation is 2. The fraction of sp³-hybridized carbons (Fsp3) is 0.308. The summed E-state index contributed by atoms with van der Waals surface area (Å²) in [5.74, 6) is -0.181. The highest BCUT2D eigenvalue weighted by Gasteiger charge is 1.98. The minimum atomic E-state index is -0.181. The van der Waals surface area contributed by atoms with Crippen molar-refractivity contribution in [1.82, 2.24) is 9.78 Å². The van der Waals surface area contributed by atoms with Crippen LogP contribution < -0.4 is 5.32 Å². The summed E-state index contributed by atoms with van der Waals surface area (Å²) >= 11 is 0. The van der Waals surface area contributed by atoms with Gasteiger partial charge in [0.15, 0.2) is 0 Å². The second kappa shape index (κ2) is 5.48. The van der Waals surface area contributed by atoms with E-state index in [1.807, 2.05) is 30.1 Å². The van der Waals surface area contributed by atoms with Crippen LogP contribution in [0.3, 0.4) is 0 Å². The van der Waals surface area contributed by atoms with Gasteiger partial charge in [-0.25, -0.2) is 4.39 Å². The summed E-state index contributed by atoms with van der Waals surface area (Å²) in [5.41, 5.74) is 2.18. The van der Waals surface area contributed by atoms with E-state index in [1.165, 1.54) is 12.1 Å². The van der Waals surface area contributed by atoms with Crippen LogP contribution in [0.15, 0.2) is 36.7 Å². The quantitative estimate of drug-likeness (QED) is 0.860. The molecule has 90 valence electrons. The summed E-state index contributed by atoms with van der Waals surface area (Å²) in [6.45, 7) is 0.874. The standard InChI is InChI=1S/C13H16FN3/c1-15-13-9-16-17(10-13)8-2-3-11-4-6-12(14)7-5-11/h4-7,9-10,15H,2-3,8H2,1H3. The maximum atomic E-state index is 12.7. The van der Waals surface area contributed by atoms with E-state index < -0.39 is 0 Å². The van der Waals surface area contributed by atoms with Crippen LogP contribution >= 0.6 is 0 Å². The number of hydrogen-bond donors (Lipinski definition) is 1. The summed E-state index contributed by atoms with van der Waals surface area (Å²) in [6, 6.07) is 6.67. The predicted octanol–water partition coefficient (Wildman–Crippen LogP) is 2.70. The Morgan fingerprint density at radius 2 is 2.06 bits per heavy atom. The molecule has 0 saturated carbocycles. The zero-order chi connectivity index (χ0) is 12.1. The molecule has 3 nitrogen and oxygen atoms in total. The predicted molar refractivity (Wildman–Crippen MR) is 66.5 cm³/mol. The third-order valence-corrected chi connectivity index (χ3v) is 2.69. The Bertz CT molecular complexity index is 462. The number of anilines is 1. The molecule has 0 aliphatic heterocycles. The SMILES string of the molecule is CNc1cnn(CCCc2ccc(F)cc2)c1. The van der Waals surface area contributed by atoms with Gasteiger partial charge in [0.2, 0.25) is 0 Å². The van der Waals surface area contributed by atoms with Gasteiger partial charge in [0.1, 0.15) is 5.82 Å². The van der Waals surface area contributed by atoms with Gasteiger partial charge >= 0.3 is 0 Å². The third kappa shape index (κ3) is 3.31. The van der Waals surface area contributed by atoms with Gasteiger partial charge in [-0.2, -0.15) is 5.10 Å². The van der Waals surface area contributed by atoms with Gasteiger partial charge in [0.25, 0.3) is 0 Å². The lowest BCUT2D eigenvalue weighted by Crippen LogP contribution is -2.00. The Morgan fingerprint density at radius 1 is 1.29 bits per heavy atom. The van der Waals surface area contributed by atoms with Crippen LogP contribution in [0.25, 0.3) is 0 Å². The summed E-state index contributed by atoms with van der Waals surface area (Å²) < 4.78 is 14.6. The van der Waals surface area contributed by atoms with Crippen LogP contribution in [0.5, 0.6) is 0 Å². The van der Waals surface area contributed by atoms with Crippen molar-refractivity contribution < 1.29 is 4.39 Å². The summed E-state index contributed by atoms with van der Waals surface area (Å²) in [6.07, 6.45) is 5.72. The first kappa shape index (κ1) is 11.6. The lowest BCUT2D eigenvalue weighted by Gasteiger charge is -2.02. The van der Waals surface area contributed by atoms with Gasteiger partial charge < -0.3 is 5.32 Å². The highest BCUT2D eigenvalue weighted by molar-refractivity contribution is 5.36. The van der Waals surface area contributed by atoms with Gasteiger partial charge in [-0.1, -0.05) is 12.1 Å². The van der Waals surface area contributed by atoms with E-state index in [0.29, 0.717) is 0 Å². The number of rotatable bonds is 5. The molecule has 2 rings (SSSR count). The molecule has 1 heterocycles. The molecule has 0 aliphatic carbocycles. The van der Waals surface area contributed by atoms with E-state index in [9.17, 15) is 4.39 Å². The summed E-state index contributed by atoms with van der Waals surface area (Å²) in [5, 5.41) is 7.26. The number of hydrogen-bond acceptors (Lipinski definition) is 2. The second-order valence-corrected chi connectivity index (χ2v) is 3.97. The normalized spacial score (nSPS) is 10.5. The number of nitrogens with zero attached hydrogens (tertiary/aromatic N) is 2. The van der Waals surface area contributed by atoms with Crippen molar-refractivity contribution in [2.45, 2.75) is 19.4 Å². The molecule has 0 amide bonds. The van der Waals surface area contributed by atoms with Crippen LogP contribution in [0.1, 0.15) is 12.0 Å². The lowest BCUT2D eigenvalue weighted by molar-refractivity contribution is 0.578. The molecule has 4 heteroatoms. The van der Waals surface area contributed by atoms with E-state index >= 15 is 0 Å². The topological polar surface area (TPSA) is 29.9 Å². The molecule has 1 aromatic carbocycles. The van der Waals surface area contributed by atoms with Crippen molar-refractivity contribution in [1.29, 1.82) is 0 Å². The minimum absolute atomic E-state index is 0.181. The van der Waals surface area contributed by atoms with E-state index in [1.54, 1.807) is 6.20 Å². The number of benzene rings is 1. The van der Waals surface area contributed by atoms with E-state index in [0.717, 1.165) is 30.6 Å². The molecule has 0 aliphatic rings. The van der Waals surface area contributed by atoms with Crippen molar-refractivity contribution in [3.63, 3.8) is 0 Å². The van der Waals surface area contributed by atoms with Crippen molar-refractivity contribution in [2.24, 2.45) is 0 Å². The van der Waals surface area contributed by atoms with E-state index in [4.69, 9.17) is 0 Å². The summed E-state index contributed by atoms with van der Waals surface area (Å²) in [7, 11) is 1.87. The molecule has 2 aromatic rings. The molecule has 0 atom stereocenters. The molecular formula is C13H16FN3. The largest absolute Gasteiger partial charge is 0.386 e. The first-order valence-electron chi connectivity index (χ1n) is 5.72. The highest BCUT2D eigenvalue weighted by atomic mass is 19.1. The molecule has 0 spiro atoms. The van der Waals surface area contributed by atoms with Gasteiger partial charge in [0.05, 0.1) is 11.9 Å². The van der Waals surface area contributed by atoms with Crippen LogP contribution in [0, 0.1) is 5.82 Å². The molecule has 0 bridgehead atoms. The first-order valence-corrected chi connectivity index (χ1v) is 5.72. The van der Waals surface area contributed by atoms with E-state index in [2.05, 4.69) is 10.4 Å². The monoisotopic (exact) mass is 233 g/mol. The molecule has 1 N–H and O–H groups in total. The van der Waals surface area contributed by atoms with Crippen molar-refractivity contribution in [3.05, 3.63) is 48.0 Å². The molecule has 1 aromatic heterocycles. The number of nitrogens with one attached hydrogen (secondary N) is 1. The van der Waals surface area contributed by atoms with Crippen molar-refractivity contribution >= 4 is 5.69 Å². The fourth-order valence-corrected chi connectivity index (χ4v) is 1.71. The Balaban J connectivity index is 1.81. The van der Waals surface area contributed by atoms with Gasteiger partial charge in [-0.15, -0.1) is 0 Å². The van der Waals surface area contributed by atoms with Crippen LogP contribution in [0.2, 0.25) is 0 Å². The zero-order valence-corrected chi connectivity index (χ0v) is 9.86. The minimum Gasteiger partial charge on any atom is -0.386 e. The fourth-order valence-electron chi connectivity index (χ4n) is 1.71. The van der Waals surface area contributed by atoms with Crippen molar-refractivity contribution in [2.75, 3.05) is 12.4 Å². The van der Waals surface area contributed by atoms with Gasteiger partial charge in [-0.3, -0.25) is 4.68 Å². The van der Waals surface area contributed by atoms with Crippen LogP contribution in [-0.2, 0) is 13.0 Å². The number of aromatic nitrogens is 2. The second-order valence-electron chi connectivity index (χ2n) is 3.97. The smallest absolute Gasteiger partial charge is 0.123 e. The highest BCUT2D eigenvalue weighted by Crippen LogP contribution is 2.08. The number of halogens is 1. The van der Waals surface area contributed by atoms with Gasteiger partial charge in [-0.05, 0) is 30.5 Å².